The highest BCUT2D eigenvalue weighted by molar-refractivity contribution is 5.76. The van der Waals surface area contributed by atoms with Gasteiger partial charge in [0.1, 0.15) is 6.04 Å². The van der Waals surface area contributed by atoms with Gasteiger partial charge in [0.25, 0.3) is 0 Å². The third-order valence-electron chi connectivity index (χ3n) is 4.79. The van der Waals surface area contributed by atoms with Crippen molar-refractivity contribution in [2.45, 2.75) is 51.6 Å². The second-order valence-corrected chi connectivity index (χ2v) is 7.04. The molecule has 3 atom stereocenters. The summed E-state index contributed by atoms with van der Waals surface area (Å²) < 4.78 is 5.41. The van der Waals surface area contributed by atoms with Gasteiger partial charge in [0.15, 0.2) is 0 Å². The lowest BCUT2D eigenvalue weighted by atomic mass is 9.98. The fraction of sp³-hybridized carbons (Fsp3) is 0.556. The molecule has 3 rings (SSSR count). The van der Waals surface area contributed by atoms with E-state index in [-0.39, 0.29) is 29.8 Å². The minimum absolute atomic E-state index is 0.00953. The van der Waals surface area contributed by atoms with E-state index >= 15 is 0 Å². The number of nitrogens with zero attached hydrogens (tertiary/aromatic N) is 3. The van der Waals surface area contributed by atoms with Gasteiger partial charge < -0.3 is 15.6 Å². The van der Waals surface area contributed by atoms with Gasteiger partial charge >= 0.3 is 0 Å². The second-order valence-electron chi connectivity index (χ2n) is 7.04. The Kier molecular flexibility index (Phi) is 5.43. The van der Waals surface area contributed by atoms with Crippen molar-refractivity contribution >= 4 is 5.91 Å². The van der Waals surface area contributed by atoms with Gasteiger partial charge in [0, 0.05) is 30.4 Å². The highest BCUT2D eigenvalue weighted by Crippen LogP contribution is 2.28. The number of hydrogen-bond donors (Lipinski definition) is 2. The molecule has 1 aliphatic carbocycles. The van der Waals surface area contributed by atoms with E-state index in [9.17, 15) is 4.79 Å². The molecule has 0 spiro atoms. The van der Waals surface area contributed by atoms with Crippen LogP contribution in [-0.4, -0.2) is 27.1 Å². The van der Waals surface area contributed by atoms with Gasteiger partial charge in [-0.25, -0.2) is 0 Å². The Balaban J connectivity index is 1.69. The SMILES string of the molecule is CC(C)C(NC(=O)C[C@@H]1CCC[C@H]1N)c1nc(-c2ccncc2)no1. The van der Waals surface area contributed by atoms with Crippen LogP contribution in [0, 0.1) is 11.8 Å². The van der Waals surface area contributed by atoms with E-state index in [0.717, 1.165) is 24.8 Å². The van der Waals surface area contributed by atoms with Crippen molar-refractivity contribution in [2.75, 3.05) is 0 Å². The number of amides is 1. The molecule has 2 aromatic rings. The van der Waals surface area contributed by atoms with Crippen LogP contribution in [0.1, 0.15) is 51.5 Å². The zero-order chi connectivity index (χ0) is 17.8. The lowest BCUT2D eigenvalue weighted by molar-refractivity contribution is -0.123. The number of pyridine rings is 1. The summed E-state index contributed by atoms with van der Waals surface area (Å²) in [6, 6.07) is 3.45. The first kappa shape index (κ1) is 17.5. The van der Waals surface area contributed by atoms with Crippen molar-refractivity contribution in [1.29, 1.82) is 0 Å². The molecular formula is C18H25N5O2. The highest BCUT2D eigenvalue weighted by Gasteiger charge is 2.29. The van der Waals surface area contributed by atoms with Gasteiger partial charge in [-0.05, 0) is 36.8 Å². The Hall–Kier alpha value is -2.28. The van der Waals surface area contributed by atoms with E-state index in [0.29, 0.717) is 18.1 Å². The van der Waals surface area contributed by atoms with Crippen molar-refractivity contribution in [3.8, 4) is 11.4 Å². The molecule has 7 nitrogen and oxygen atoms in total. The van der Waals surface area contributed by atoms with E-state index in [4.69, 9.17) is 10.3 Å². The molecule has 0 saturated heterocycles. The van der Waals surface area contributed by atoms with Gasteiger partial charge in [-0.3, -0.25) is 9.78 Å². The van der Waals surface area contributed by atoms with Crippen molar-refractivity contribution in [3.05, 3.63) is 30.4 Å². The topological polar surface area (TPSA) is 107 Å². The summed E-state index contributed by atoms with van der Waals surface area (Å²) in [5.41, 5.74) is 6.90. The number of rotatable bonds is 6. The molecule has 2 heterocycles. The number of nitrogens with two attached hydrogens (primary N) is 1. The third-order valence-corrected chi connectivity index (χ3v) is 4.79. The number of hydrogen-bond acceptors (Lipinski definition) is 6. The lowest BCUT2D eigenvalue weighted by Gasteiger charge is -2.21. The average Bonchev–Trinajstić information content (AvgIpc) is 3.23. The Morgan fingerprint density at radius 2 is 2.12 bits per heavy atom. The van der Waals surface area contributed by atoms with Crippen LogP contribution in [0.15, 0.2) is 29.0 Å². The first-order valence-corrected chi connectivity index (χ1v) is 8.83. The molecule has 1 fully saturated rings. The van der Waals surface area contributed by atoms with E-state index in [1.165, 1.54) is 0 Å². The summed E-state index contributed by atoms with van der Waals surface area (Å²) in [5, 5.41) is 7.07. The van der Waals surface area contributed by atoms with E-state index < -0.39 is 0 Å². The number of carbonyl (C=O) groups excluding carboxylic acids is 1. The maximum Gasteiger partial charge on any atom is 0.249 e. The summed E-state index contributed by atoms with van der Waals surface area (Å²) in [6.07, 6.45) is 6.94. The zero-order valence-electron chi connectivity index (χ0n) is 14.7. The minimum atomic E-state index is -0.312. The molecule has 1 amide bonds. The molecule has 1 unspecified atom stereocenters. The summed E-state index contributed by atoms with van der Waals surface area (Å²) in [5.74, 6) is 1.31. The van der Waals surface area contributed by atoms with Gasteiger partial charge in [-0.1, -0.05) is 25.4 Å². The maximum atomic E-state index is 12.4. The Morgan fingerprint density at radius 3 is 2.76 bits per heavy atom. The van der Waals surface area contributed by atoms with Gasteiger partial charge in [0.05, 0.1) is 0 Å². The average molecular weight is 343 g/mol. The molecule has 0 aliphatic heterocycles. The van der Waals surface area contributed by atoms with E-state index in [1.807, 2.05) is 26.0 Å². The van der Waals surface area contributed by atoms with Crippen LogP contribution >= 0.6 is 0 Å². The Labute approximate surface area is 147 Å². The van der Waals surface area contributed by atoms with E-state index in [2.05, 4.69) is 20.4 Å². The molecule has 0 bridgehead atoms. The molecule has 0 radical (unpaired) electrons. The quantitative estimate of drug-likeness (QED) is 0.834. The molecule has 25 heavy (non-hydrogen) atoms. The molecule has 1 saturated carbocycles. The predicted molar refractivity (Wildman–Crippen MR) is 93.2 cm³/mol. The van der Waals surface area contributed by atoms with Crippen LogP contribution in [0.25, 0.3) is 11.4 Å². The van der Waals surface area contributed by atoms with Crippen molar-refractivity contribution in [1.82, 2.24) is 20.4 Å². The summed E-state index contributed by atoms with van der Waals surface area (Å²) >= 11 is 0. The third kappa shape index (κ3) is 4.22. The van der Waals surface area contributed by atoms with Crippen LogP contribution in [0.4, 0.5) is 0 Å². The van der Waals surface area contributed by atoms with Crippen LogP contribution in [0.5, 0.6) is 0 Å². The first-order valence-electron chi connectivity index (χ1n) is 8.83. The first-order chi connectivity index (χ1) is 12.0. The summed E-state index contributed by atoms with van der Waals surface area (Å²) in [7, 11) is 0. The van der Waals surface area contributed by atoms with Gasteiger partial charge in [-0.2, -0.15) is 4.98 Å². The fourth-order valence-electron chi connectivity index (χ4n) is 3.28. The molecule has 3 N–H and O–H groups in total. The van der Waals surface area contributed by atoms with Gasteiger partial charge in [-0.15, -0.1) is 0 Å². The van der Waals surface area contributed by atoms with Gasteiger partial charge in [0.2, 0.25) is 17.6 Å². The molecule has 0 aromatic carbocycles. The van der Waals surface area contributed by atoms with Crippen LogP contribution in [0.3, 0.4) is 0 Å². The number of carbonyl (C=O) groups is 1. The van der Waals surface area contributed by atoms with Crippen molar-refractivity contribution in [2.24, 2.45) is 17.6 Å². The van der Waals surface area contributed by atoms with Crippen LogP contribution in [-0.2, 0) is 4.79 Å². The zero-order valence-corrected chi connectivity index (χ0v) is 14.7. The fourth-order valence-corrected chi connectivity index (χ4v) is 3.28. The number of nitrogens with one attached hydrogen (secondary N) is 1. The smallest absolute Gasteiger partial charge is 0.249 e. The molecule has 1 aliphatic rings. The van der Waals surface area contributed by atoms with E-state index in [1.54, 1.807) is 12.4 Å². The molecule has 134 valence electrons. The number of aromatic nitrogens is 3. The lowest BCUT2D eigenvalue weighted by Crippen LogP contribution is -2.35. The summed E-state index contributed by atoms with van der Waals surface area (Å²) in [4.78, 5) is 20.9. The molecule has 7 heteroatoms. The van der Waals surface area contributed by atoms with Crippen LogP contribution < -0.4 is 11.1 Å². The predicted octanol–water partition coefficient (Wildman–Crippen LogP) is 2.46. The standard InChI is InChI=1S/C18H25N5O2/c1-11(2)16(21-15(24)10-13-4-3-5-14(13)19)18-22-17(23-25-18)12-6-8-20-9-7-12/h6-9,11,13-14,16H,3-5,10,19H2,1-2H3,(H,21,24)/t13-,14+,16?/m0/s1. The molecule has 2 aromatic heterocycles. The second kappa shape index (κ2) is 7.74. The van der Waals surface area contributed by atoms with Crippen LogP contribution in [0.2, 0.25) is 0 Å². The largest absolute Gasteiger partial charge is 0.344 e. The molecular weight excluding hydrogens is 318 g/mol. The minimum Gasteiger partial charge on any atom is -0.344 e. The maximum absolute atomic E-state index is 12.4. The Bertz CT molecular complexity index is 701. The summed E-state index contributed by atoms with van der Waals surface area (Å²) in [6.45, 7) is 4.03. The normalized spacial score (nSPS) is 21.4. The van der Waals surface area contributed by atoms with Crippen molar-refractivity contribution in [3.63, 3.8) is 0 Å². The van der Waals surface area contributed by atoms with Crippen molar-refractivity contribution < 1.29 is 9.32 Å². The Morgan fingerprint density at radius 1 is 1.36 bits per heavy atom. The highest BCUT2D eigenvalue weighted by atomic mass is 16.5. The monoisotopic (exact) mass is 343 g/mol.